The normalized spacial score (nSPS) is 13.2. The highest BCUT2D eigenvalue weighted by Gasteiger charge is 2.22. The molecule has 1 aromatic heterocycles. The van der Waals surface area contributed by atoms with Gasteiger partial charge in [-0.2, -0.15) is 0 Å². The van der Waals surface area contributed by atoms with Crippen molar-refractivity contribution >= 4 is 17.5 Å². The number of halogens is 2. The Hall–Kier alpha value is -2.83. The fraction of sp³-hybridized carbons (Fsp3) is 0.316. The number of hydrogen-bond donors (Lipinski definition) is 1. The van der Waals surface area contributed by atoms with Gasteiger partial charge in [-0.05, 0) is 43.5 Å². The summed E-state index contributed by atoms with van der Waals surface area (Å²) in [6.45, 7) is 0.889. The number of carbonyl (C=O) groups is 2. The smallest absolute Gasteiger partial charge is 0.254 e. The van der Waals surface area contributed by atoms with Crippen molar-refractivity contribution < 1.29 is 18.4 Å². The van der Waals surface area contributed by atoms with Gasteiger partial charge < -0.3 is 10.2 Å². The third-order valence-corrected chi connectivity index (χ3v) is 4.28. The first kappa shape index (κ1) is 18.0. The maximum absolute atomic E-state index is 13.6. The van der Waals surface area contributed by atoms with E-state index in [0.29, 0.717) is 19.0 Å². The molecule has 0 unspecified atom stereocenters. The molecule has 0 radical (unpaired) electrons. The number of anilines is 1. The highest BCUT2D eigenvalue weighted by atomic mass is 19.1. The Kier molecular flexibility index (Phi) is 5.55. The summed E-state index contributed by atoms with van der Waals surface area (Å²) in [5.74, 6) is -2.29. The van der Waals surface area contributed by atoms with Crippen LogP contribution in [-0.4, -0.2) is 29.9 Å². The van der Waals surface area contributed by atoms with Crippen LogP contribution in [0.3, 0.4) is 0 Å². The first-order valence-electron chi connectivity index (χ1n) is 8.54. The SMILES string of the molecule is O=C(NCCCC(=O)N1CCCc2ncccc21)c1ccc(F)cc1F. The lowest BCUT2D eigenvalue weighted by molar-refractivity contribution is -0.118. The Morgan fingerprint density at radius 3 is 2.88 bits per heavy atom. The zero-order chi connectivity index (χ0) is 18.5. The van der Waals surface area contributed by atoms with E-state index >= 15 is 0 Å². The number of fused-ring (bicyclic) bond motifs is 1. The van der Waals surface area contributed by atoms with Gasteiger partial charge >= 0.3 is 0 Å². The summed E-state index contributed by atoms with van der Waals surface area (Å²) in [6.07, 6.45) is 4.15. The van der Waals surface area contributed by atoms with Crippen LogP contribution in [0.5, 0.6) is 0 Å². The van der Waals surface area contributed by atoms with E-state index < -0.39 is 17.5 Å². The molecule has 5 nitrogen and oxygen atoms in total. The van der Waals surface area contributed by atoms with Gasteiger partial charge in [-0.3, -0.25) is 14.6 Å². The van der Waals surface area contributed by atoms with Crippen molar-refractivity contribution in [3.05, 3.63) is 59.4 Å². The Morgan fingerprint density at radius 2 is 2.08 bits per heavy atom. The zero-order valence-electron chi connectivity index (χ0n) is 14.2. The zero-order valence-corrected chi connectivity index (χ0v) is 14.2. The number of benzene rings is 1. The monoisotopic (exact) mass is 359 g/mol. The molecule has 2 heterocycles. The molecule has 3 rings (SSSR count). The van der Waals surface area contributed by atoms with E-state index in [1.54, 1.807) is 11.1 Å². The third-order valence-electron chi connectivity index (χ3n) is 4.28. The van der Waals surface area contributed by atoms with E-state index in [4.69, 9.17) is 0 Å². The molecule has 0 saturated carbocycles. The molecular formula is C19H19F2N3O2. The van der Waals surface area contributed by atoms with Crippen molar-refractivity contribution in [2.45, 2.75) is 25.7 Å². The van der Waals surface area contributed by atoms with Crippen LogP contribution in [0, 0.1) is 11.6 Å². The molecule has 0 saturated heterocycles. The highest BCUT2D eigenvalue weighted by molar-refractivity contribution is 5.95. The topological polar surface area (TPSA) is 62.3 Å². The van der Waals surface area contributed by atoms with E-state index in [-0.39, 0.29) is 24.4 Å². The number of aromatic nitrogens is 1. The molecule has 1 aromatic carbocycles. The lowest BCUT2D eigenvalue weighted by Crippen LogP contribution is -2.36. The quantitative estimate of drug-likeness (QED) is 0.835. The van der Waals surface area contributed by atoms with Crippen LogP contribution in [0.2, 0.25) is 0 Å². The fourth-order valence-electron chi connectivity index (χ4n) is 3.00. The Morgan fingerprint density at radius 1 is 1.23 bits per heavy atom. The van der Waals surface area contributed by atoms with Crippen LogP contribution in [0.15, 0.2) is 36.5 Å². The van der Waals surface area contributed by atoms with Gasteiger partial charge in [0.2, 0.25) is 5.91 Å². The molecule has 1 aliphatic rings. The number of carbonyl (C=O) groups excluding carboxylic acids is 2. The number of rotatable bonds is 5. The molecule has 0 bridgehead atoms. The van der Waals surface area contributed by atoms with Gasteiger partial charge in [0.15, 0.2) is 0 Å². The maximum Gasteiger partial charge on any atom is 0.254 e. The molecular weight excluding hydrogens is 340 g/mol. The molecule has 0 atom stereocenters. The number of amides is 2. The average Bonchev–Trinajstić information content (AvgIpc) is 2.64. The molecule has 1 aliphatic heterocycles. The number of hydrogen-bond acceptors (Lipinski definition) is 3. The van der Waals surface area contributed by atoms with Gasteiger partial charge in [0.05, 0.1) is 16.9 Å². The van der Waals surface area contributed by atoms with Crippen LogP contribution < -0.4 is 10.2 Å². The van der Waals surface area contributed by atoms with Crippen LogP contribution in [0.25, 0.3) is 0 Å². The van der Waals surface area contributed by atoms with Crippen LogP contribution in [0.1, 0.15) is 35.3 Å². The number of nitrogens with one attached hydrogen (secondary N) is 1. The summed E-state index contributed by atoms with van der Waals surface area (Å²) >= 11 is 0. The molecule has 7 heteroatoms. The molecule has 0 spiro atoms. The highest BCUT2D eigenvalue weighted by Crippen LogP contribution is 2.25. The van der Waals surface area contributed by atoms with E-state index in [9.17, 15) is 18.4 Å². The van der Waals surface area contributed by atoms with Gasteiger partial charge in [-0.25, -0.2) is 8.78 Å². The standard InChI is InChI=1S/C19H19F2N3O2/c20-13-7-8-14(15(21)12-13)19(26)23-10-2-6-18(25)24-11-3-4-16-17(24)5-1-9-22-16/h1,5,7-9,12H,2-4,6,10-11H2,(H,23,26). The van der Waals surface area contributed by atoms with Crippen LogP contribution in [0.4, 0.5) is 14.5 Å². The first-order chi connectivity index (χ1) is 12.6. The van der Waals surface area contributed by atoms with E-state index in [1.807, 2.05) is 12.1 Å². The summed E-state index contributed by atoms with van der Waals surface area (Å²) < 4.78 is 26.4. The minimum atomic E-state index is -0.906. The molecule has 2 aromatic rings. The second kappa shape index (κ2) is 8.03. The largest absolute Gasteiger partial charge is 0.352 e. The second-order valence-electron chi connectivity index (χ2n) is 6.10. The van der Waals surface area contributed by atoms with Crippen molar-refractivity contribution in [2.24, 2.45) is 0 Å². The van der Waals surface area contributed by atoms with Gasteiger partial charge in [0, 0.05) is 31.8 Å². The summed E-state index contributed by atoms with van der Waals surface area (Å²) in [4.78, 5) is 30.4. The Labute approximate surface area is 150 Å². The Bertz CT molecular complexity index is 826. The van der Waals surface area contributed by atoms with Crippen molar-refractivity contribution in [1.82, 2.24) is 10.3 Å². The predicted molar refractivity (Wildman–Crippen MR) is 92.8 cm³/mol. The van der Waals surface area contributed by atoms with E-state index in [1.165, 1.54) is 0 Å². The summed E-state index contributed by atoms with van der Waals surface area (Å²) in [6, 6.07) is 6.49. The molecule has 0 fully saturated rings. The van der Waals surface area contributed by atoms with Crippen LogP contribution in [-0.2, 0) is 11.2 Å². The van der Waals surface area contributed by atoms with Crippen molar-refractivity contribution in [3.63, 3.8) is 0 Å². The summed E-state index contributed by atoms with van der Waals surface area (Å²) in [7, 11) is 0. The number of pyridine rings is 1. The minimum Gasteiger partial charge on any atom is -0.352 e. The van der Waals surface area contributed by atoms with Gasteiger partial charge in [0.25, 0.3) is 5.91 Å². The average molecular weight is 359 g/mol. The summed E-state index contributed by atoms with van der Waals surface area (Å²) in [5, 5.41) is 2.55. The first-order valence-corrected chi connectivity index (χ1v) is 8.54. The molecule has 2 amide bonds. The van der Waals surface area contributed by atoms with Gasteiger partial charge in [0.1, 0.15) is 11.6 Å². The number of nitrogens with zero attached hydrogens (tertiary/aromatic N) is 2. The summed E-state index contributed by atoms with van der Waals surface area (Å²) in [5.41, 5.74) is 1.56. The fourth-order valence-corrected chi connectivity index (χ4v) is 3.00. The maximum atomic E-state index is 13.6. The molecule has 136 valence electrons. The molecule has 1 N–H and O–H groups in total. The lowest BCUT2D eigenvalue weighted by atomic mass is 10.1. The van der Waals surface area contributed by atoms with Gasteiger partial charge in [-0.1, -0.05) is 0 Å². The third kappa shape index (κ3) is 4.04. The van der Waals surface area contributed by atoms with Crippen molar-refractivity contribution in [2.75, 3.05) is 18.0 Å². The van der Waals surface area contributed by atoms with Gasteiger partial charge in [-0.15, -0.1) is 0 Å². The second-order valence-corrected chi connectivity index (χ2v) is 6.10. The predicted octanol–water partition coefficient (Wildman–Crippen LogP) is 2.85. The van der Waals surface area contributed by atoms with Crippen molar-refractivity contribution in [3.8, 4) is 0 Å². The lowest BCUT2D eigenvalue weighted by Gasteiger charge is -2.28. The van der Waals surface area contributed by atoms with E-state index in [2.05, 4.69) is 10.3 Å². The Balaban J connectivity index is 1.50. The minimum absolute atomic E-state index is 0.0267. The molecule has 26 heavy (non-hydrogen) atoms. The van der Waals surface area contributed by atoms with Crippen LogP contribution >= 0.6 is 0 Å². The number of aryl methyl sites for hydroxylation is 1. The van der Waals surface area contributed by atoms with Crippen molar-refractivity contribution in [1.29, 1.82) is 0 Å². The molecule has 0 aliphatic carbocycles. The van der Waals surface area contributed by atoms with E-state index in [0.717, 1.165) is 36.4 Å².